The number of hydrogen-bond donors (Lipinski definition) is 2. The standard InChI is InChI=1S/C18H25ClN2O5/c1-12(16(23)25-11-13-8-6-5-7-9-13)20-15(22)14(10-19)21-17(24)26-18(2,3)4/h5-9,12,14H,10-11H2,1-4H3,(H,20,22)(H,21,24)/t12-,14-/m0/s1. The van der Waals surface area contributed by atoms with E-state index in [9.17, 15) is 14.4 Å². The molecule has 8 heteroatoms. The molecule has 2 amide bonds. The van der Waals surface area contributed by atoms with Crippen molar-refractivity contribution in [1.29, 1.82) is 0 Å². The van der Waals surface area contributed by atoms with Gasteiger partial charge in [-0.2, -0.15) is 0 Å². The van der Waals surface area contributed by atoms with Crippen LogP contribution in [0.1, 0.15) is 33.3 Å². The largest absolute Gasteiger partial charge is 0.459 e. The van der Waals surface area contributed by atoms with Crippen LogP contribution in [-0.2, 0) is 25.7 Å². The Hall–Kier alpha value is -2.28. The van der Waals surface area contributed by atoms with Crippen LogP contribution >= 0.6 is 11.6 Å². The maximum absolute atomic E-state index is 12.2. The number of carbonyl (C=O) groups excluding carboxylic acids is 3. The summed E-state index contributed by atoms with van der Waals surface area (Å²) in [7, 11) is 0. The van der Waals surface area contributed by atoms with Crippen LogP contribution in [0.15, 0.2) is 30.3 Å². The van der Waals surface area contributed by atoms with Crippen LogP contribution in [0.4, 0.5) is 4.79 Å². The molecule has 1 aromatic rings. The number of nitrogens with one attached hydrogen (secondary N) is 2. The zero-order valence-electron chi connectivity index (χ0n) is 15.4. The van der Waals surface area contributed by atoms with Crippen molar-refractivity contribution in [3.05, 3.63) is 35.9 Å². The molecule has 0 fully saturated rings. The predicted molar refractivity (Wildman–Crippen MR) is 97.7 cm³/mol. The van der Waals surface area contributed by atoms with Crippen LogP contribution in [0.3, 0.4) is 0 Å². The first-order valence-corrected chi connectivity index (χ1v) is 8.72. The van der Waals surface area contributed by atoms with E-state index in [4.69, 9.17) is 21.1 Å². The number of ether oxygens (including phenoxy) is 2. The van der Waals surface area contributed by atoms with E-state index in [2.05, 4.69) is 10.6 Å². The summed E-state index contributed by atoms with van der Waals surface area (Å²) >= 11 is 5.73. The first kappa shape index (κ1) is 21.8. The molecule has 0 radical (unpaired) electrons. The monoisotopic (exact) mass is 384 g/mol. The Kier molecular flexibility index (Phi) is 8.38. The van der Waals surface area contributed by atoms with Crippen molar-refractivity contribution in [2.24, 2.45) is 0 Å². The molecule has 0 unspecified atom stereocenters. The molecule has 1 aromatic carbocycles. The SMILES string of the molecule is C[C@H](NC(=O)[C@H](CCl)NC(=O)OC(C)(C)C)C(=O)OCc1ccccc1. The minimum atomic E-state index is -1.03. The summed E-state index contributed by atoms with van der Waals surface area (Å²) in [6.07, 6.45) is -0.766. The zero-order valence-corrected chi connectivity index (χ0v) is 16.1. The molecule has 0 heterocycles. The molecule has 26 heavy (non-hydrogen) atoms. The van der Waals surface area contributed by atoms with Crippen molar-refractivity contribution in [2.45, 2.75) is 52.0 Å². The first-order chi connectivity index (χ1) is 12.1. The molecule has 0 saturated heterocycles. The molecule has 0 bridgehead atoms. The highest BCUT2D eigenvalue weighted by Crippen LogP contribution is 2.07. The van der Waals surface area contributed by atoms with Gasteiger partial charge in [0.05, 0.1) is 5.88 Å². The number of amides is 2. The summed E-state index contributed by atoms with van der Waals surface area (Å²) in [5.74, 6) is -1.36. The van der Waals surface area contributed by atoms with Gasteiger partial charge in [0, 0.05) is 0 Å². The number of esters is 1. The van der Waals surface area contributed by atoms with Crippen molar-refractivity contribution >= 4 is 29.6 Å². The van der Waals surface area contributed by atoms with Crippen molar-refractivity contribution in [3.8, 4) is 0 Å². The van der Waals surface area contributed by atoms with Gasteiger partial charge in [-0.15, -0.1) is 11.6 Å². The fourth-order valence-electron chi connectivity index (χ4n) is 1.85. The van der Waals surface area contributed by atoms with Gasteiger partial charge in [0.15, 0.2) is 0 Å². The van der Waals surface area contributed by atoms with Gasteiger partial charge in [-0.1, -0.05) is 30.3 Å². The lowest BCUT2D eigenvalue weighted by Gasteiger charge is -2.23. The molecule has 2 N–H and O–H groups in total. The average Bonchev–Trinajstić information content (AvgIpc) is 2.56. The van der Waals surface area contributed by atoms with Crippen molar-refractivity contribution in [2.75, 3.05) is 5.88 Å². The Balaban J connectivity index is 2.49. The number of halogens is 1. The van der Waals surface area contributed by atoms with E-state index >= 15 is 0 Å². The number of hydrogen-bond acceptors (Lipinski definition) is 5. The summed E-state index contributed by atoms with van der Waals surface area (Å²) < 4.78 is 10.2. The Labute approximate surface area is 158 Å². The van der Waals surface area contributed by atoms with Gasteiger partial charge in [0.2, 0.25) is 5.91 Å². The third-order valence-corrected chi connectivity index (χ3v) is 3.41. The van der Waals surface area contributed by atoms with Gasteiger partial charge in [-0.3, -0.25) is 4.79 Å². The van der Waals surface area contributed by atoms with Crippen LogP contribution in [0.25, 0.3) is 0 Å². The summed E-state index contributed by atoms with van der Waals surface area (Å²) in [4.78, 5) is 35.9. The smallest absolute Gasteiger partial charge is 0.408 e. The van der Waals surface area contributed by atoms with Crippen LogP contribution in [0.5, 0.6) is 0 Å². The molecule has 0 saturated carbocycles. The molecule has 7 nitrogen and oxygen atoms in total. The molecular weight excluding hydrogens is 360 g/mol. The normalized spacial score (nSPS) is 13.3. The summed E-state index contributed by atoms with van der Waals surface area (Å²) in [6.45, 7) is 6.70. The third-order valence-electron chi connectivity index (χ3n) is 3.10. The molecule has 2 atom stereocenters. The third kappa shape index (κ3) is 8.20. The highest BCUT2D eigenvalue weighted by molar-refractivity contribution is 6.20. The Bertz CT molecular complexity index is 616. The summed E-state index contributed by atoms with van der Waals surface area (Å²) in [6, 6.07) is 7.25. The number of benzene rings is 1. The number of carbonyl (C=O) groups is 3. The minimum Gasteiger partial charge on any atom is -0.459 e. The molecule has 0 aliphatic carbocycles. The van der Waals surface area contributed by atoms with Crippen molar-refractivity contribution in [3.63, 3.8) is 0 Å². The zero-order chi connectivity index (χ0) is 19.7. The van der Waals surface area contributed by atoms with Gasteiger partial charge in [-0.05, 0) is 33.3 Å². The van der Waals surface area contributed by atoms with E-state index in [0.29, 0.717) is 0 Å². The van der Waals surface area contributed by atoms with Gasteiger partial charge in [0.25, 0.3) is 0 Å². The quantitative estimate of drug-likeness (QED) is 0.556. The second kappa shape index (κ2) is 10.0. The topological polar surface area (TPSA) is 93.7 Å². The molecule has 0 aliphatic heterocycles. The molecule has 0 aliphatic rings. The number of rotatable bonds is 7. The predicted octanol–water partition coefficient (Wildman–Crippen LogP) is 2.37. The second-order valence-electron chi connectivity index (χ2n) is 6.68. The van der Waals surface area contributed by atoms with E-state index in [0.717, 1.165) is 5.56 Å². The molecule has 0 aromatic heterocycles. The second-order valence-corrected chi connectivity index (χ2v) is 6.99. The maximum atomic E-state index is 12.2. The van der Waals surface area contributed by atoms with E-state index in [-0.39, 0.29) is 12.5 Å². The molecule has 144 valence electrons. The fourth-order valence-corrected chi connectivity index (χ4v) is 2.07. The van der Waals surface area contributed by atoms with Crippen LogP contribution in [-0.4, -0.2) is 41.5 Å². The van der Waals surface area contributed by atoms with Crippen molar-refractivity contribution < 1.29 is 23.9 Å². The number of alkyl carbamates (subject to hydrolysis) is 1. The highest BCUT2D eigenvalue weighted by atomic mass is 35.5. The lowest BCUT2D eigenvalue weighted by atomic mass is 10.2. The van der Waals surface area contributed by atoms with E-state index < -0.39 is 35.7 Å². The summed E-state index contributed by atoms with van der Waals surface area (Å²) in [5.41, 5.74) is 0.135. The minimum absolute atomic E-state index is 0.106. The first-order valence-electron chi connectivity index (χ1n) is 8.19. The lowest BCUT2D eigenvalue weighted by molar-refractivity contribution is -0.148. The van der Waals surface area contributed by atoms with Crippen LogP contribution in [0, 0.1) is 0 Å². The number of alkyl halides is 1. The van der Waals surface area contributed by atoms with E-state index in [1.54, 1.807) is 20.8 Å². The van der Waals surface area contributed by atoms with Crippen LogP contribution < -0.4 is 10.6 Å². The summed E-state index contributed by atoms with van der Waals surface area (Å²) in [5, 5.41) is 4.83. The highest BCUT2D eigenvalue weighted by Gasteiger charge is 2.26. The molecule has 1 rings (SSSR count). The van der Waals surface area contributed by atoms with Crippen molar-refractivity contribution in [1.82, 2.24) is 10.6 Å². The van der Waals surface area contributed by atoms with Gasteiger partial charge < -0.3 is 20.1 Å². The average molecular weight is 385 g/mol. The Morgan fingerprint density at radius 2 is 1.73 bits per heavy atom. The lowest BCUT2D eigenvalue weighted by Crippen LogP contribution is -2.52. The van der Waals surface area contributed by atoms with E-state index in [1.807, 2.05) is 30.3 Å². The van der Waals surface area contributed by atoms with Crippen LogP contribution in [0.2, 0.25) is 0 Å². The Morgan fingerprint density at radius 1 is 1.12 bits per heavy atom. The maximum Gasteiger partial charge on any atom is 0.408 e. The van der Waals surface area contributed by atoms with Gasteiger partial charge >= 0.3 is 12.1 Å². The Morgan fingerprint density at radius 3 is 2.27 bits per heavy atom. The van der Waals surface area contributed by atoms with Gasteiger partial charge in [0.1, 0.15) is 24.3 Å². The fraction of sp³-hybridized carbons (Fsp3) is 0.500. The van der Waals surface area contributed by atoms with E-state index in [1.165, 1.54) is 6.92 Å². The molecule has 0 spiro atoms. The molecular formula is C18H25ClN2O5. The van der Waals surface area contributed by atoms with Gasteiger partial charge in [-0.25, -0.2) is 9.59 Å².